The minimum absolute atomic E-state index is 0.565. The van der Waals surface area contributed by atoms with Gasteiger partial charge in [-0.15, -0.1) is 0 Å². The molecule has 3 rings (SSSR count). The van der Waals surface area contributed by atoms with Crippen LogP contribution in [-0.4, -0.2) is 7.11 Å². The van der Waals surface area contributed by atoms with Crippen molar-refractivity contribution in [3.63, 3.8) is 0 Å². The lowest BCUT2D eigenvalue weighted by molar-refractivity contribution is 0.408. The first-order valence-electron chi connectivity index (χ1n) is 10.3. The number of hydrogen-bond acceptors (Lipinski definition) is 2. The van der Waals surface area contributed by atoms with Crippen LogP contribution in [0.5, 0.6) is 17.2 Å². The van der Waals surface area contributed by atoms with Crippen molar-refractivity contribution in [2.75, 3.05) is 7.11 Å². The van der Waals surface area contributed by atoms with Crippen molar-refractivity contribution >= 4 is 12.7 Å². The summed E-state index contributed by atoms with van der Waals surface area (Å²) in [5.74, 6) is 3.12. The first kappa shape index (κ1) is 21.4. The van der Waals surface area contributed by atoms with Crippen LogP contribution in [-0.2, 0) is 12.8 Å². The van der Waals surface area contributed by atoms with Gasteiger partial charge in [-0.1, -0.05) is 75.6 Å². The molecule has 0 fully saturated rings. The van der Waals surface area contributed by atoms with Crippen molar-refractivity contribution in [3.05, 3.63) is 100 Å². The Kier molecular flexibility index (Phi) is 7.13. The van der Waals surface area contributed by atoms with Gasteiger partial charge in [0.15, 0.2) is 0 Å². The van der Waals surface area contributed by atoms with E-state index in [-0.39, 0.29) is 0 Å². The van der Waals surface area contributed by atoms with Gasteiger partial charge in [0, 0.05) is 12.0 Å². The molecule has 0 bridgehead atoms. The molecule has 0 atom stereocenters. The quantitative estimate of drug-likeness (QED) is 0.488. The molecule has 3 aromatic carbocycles. The summed E-state index contributed by atoms with van der Waals surface area (Å²) in [6.45, 7) is 12.4. The Morgan fingerprint density at radius 1 is 0.900 bits per heavy atom. The molecule has 0 spiro atoms. The molecule has 0 radical (unpaired) electrons. The molecule has 2 nitrogen and oxygen atoms in total. The van der Waals surface area contributed by atoms with Crippen molar-refractivity contribution in [2.45, 2.75) is 26.7 Å². The van der Waals surface area contributed by atoms with Gasteiger partial charge < -0.3 is 9.47 Å². The molecular weight excluding hydrogens is 368 g/mol. The highest BCUT2D eigenvalue weighted by atomic mass is 16.5. The van der Waals surface area contributed by atoms with E-state index in [1.165, 1.54) is 11.1 Å². The summed E-state index contributed by atoms with van der Waals surface area (Å²) in [6, 6.07) is 20.4. The smallest absolute Gasteiger partial charge is 0.130 e. The summed E-state index contributed by atoms with van der Waals surface area (Å²) in [4.78, 5) is 0. The molecule has 0 unspecified atom stereocenters. The molecule has 0 heterocycles. The Hall–Kier alpha value is -3.26. The fourth-order valence-corrected chi connectivity index (χ4v) is 3.65. The lowest BCUT2D eigenvalue weighted by Crippen LogP contribution is -2.27. The number of allylic oxidation sites excluding steroid dienone is 1. The molecular formula is C28H30O2. The van der Waals surface area contributed by atoms with Gasteiger partial charge in [-0.05, 0) is 58.2 Å². The van der Waals surface area contributed by atoms with Crippen molar-refractivity contribution in [3.8, 4) is 17.2 Å². The second-order valence-electron chi connectivity index (χ2n) is 7.85. The maximum Gasteiger partial charge on any atom is 0.130 e. The summed E-state index contributed by atoms with van der Waals surface area (Å²) in [7, 11) is 1.70. The number of methoxy groups -OCH3 is 1. The molecule has 0 aliphatic rings. The van der Waals surface area contributed by atoms with E-state index in [2.05, 4.69) is 51.3 Å². The van der Waals surface area contributed by atoms with E-state index in [0.29, 0.717) is 5.92 Å². The van der Waals surface area contributed by atoms with Gasteiger partial charge in [0.25, 0.3) is 0 Å². The number of rotatable bonds is 8. The van der Waals surface area contributed by atoms with Gasteiger partial charge in [-0.2, -0.15) is 0 Å². The van der Waals surface area contributed by atoms with E-state index in [1.807, 2.05) is 42.5 Å². The zero-order valence-corrected chi connectivity index (χ0v) is 18.2. The Morgan fingerprint density at radius 3 is 2.40 bits per heavy atom. The average molecular weight is 399 g/mol. The number of benzene rings is 3. The van der Waals surface area contributed by atoms with E-state index < -0.39 is 0 Å². The first-order valence-corrected chi connectivity index (χ1v) is 10.3. The fourth-order valence-electron chi connectivity index (χ4n) is 3.65. The maximum atomic E-state index is 6.30. The summed E-state index contributed by atoms with van der Waals surface area (Å²) in [5, 5.41) is 2.09. The van der Waals surface area contributed by atoms with E-state index in [1.54, 1.807) is 13.2 Å². The van der Waals surface area contributed by atoms with Crippen LogP contribution in [0.15, 0.2) is 73.3 Å². The third-order valence-corrected chi connectivity index (χ3v) is 5.03. The highest BCUT2D eigenvalue weighted by molar-refractivity contribution is 5.47. The monoisotopic (exact) mass is 398 g/mol. The number of hydrogen-bond donors (Lipinski definition) is 0. The second kappa shape index (κ2) is 9.98. The van der Waals surface area contributed by atoms with Gasteiger partial charge in [0.05, 0.1) is 7.11 Å². The third kappa shape index (κ3) is 5.21. The Balaban J connectivity index is 1.97. The molecule has 30 heavy (non-hydrogen) atoms. The molecule has 154 valence electrons. The van der Waals surface area contributed by atoms with Crippen molar-refractivity contribution < 1.29 is 9.47 Å². The summed E-state index contributed by atoms with van der Waals surface area (Å²) in [5.41, 5.74) is 3.47. The predicted molar refractivity (Wildman–Crippen MR) is 127 cm³/mol. The number of ether oxygens (including phenoxy) is 2. The highest BCUT2D eigenvalue weighted by Gasteiger charge is 2.11. The lowest BCUT2D eigenvalue weighted by atomic mass is 10.0. The molecule has 0 saturated heterocycles. The molecule has 3 aromatic rings. The highest BCUT2D eigenvalue weighted by Crippen LogP contribution is 2.31. The SMILES string of the molecule is C=C/C=c1/c(Cc2cc(Oc3ccccc3CC(C)C)ccc2OC)cccc1=C. The van der Waals surface area contributed by atoms with Crippen LogP contribution >= 0.6 is 0 Å². The van der Waals surface area contributed by atoms with Crippen LogP contribution in [0.4, 0.5) is 0 Å². The Bertz CT molecular complexity index is 1130. The molecule has 0 aliphatic carbocycles. The zero-order valence-electron chi connectivity index (χ0n) is 18.2. The van der Waals surface area contributed by atoms with Gasteiger partial charge in [-0.3, -0.25) is 0 Å². The van der Waals surface area contributed by atoms with E-state index >= 15 is 0 Å². The average Bonchev–Trinajstić information content (AvgIpc) is 2.72. The topological polar surface area (TPSA) is 18.5 Å². The minimum Gasteiger partial charge on any atom is -0.496 e. The largest absolute Gasteiger partial charge is 0.496 e. The fraction of sp³-hybridized carbons (Fsp3) is 0.214. The van der Waals surface area contributed by atoms with Crippen LogP contribution in [0.25, 0.3) is 12.7 Å². The van der Waals surface area contributed by atoms with Crippen LogP contribution in [0.2, 0.25) is 0 Å². The Labute approximate surface area is 179 Å². The van der Waals surface area contributed by atoms with Crippen LogP contribution < -0.4 is 19.9 Å². The van der Waals surface area contributed by atoms with Crippen LogP contribution in [0.1, 0.15) is 30.5 Å². The van der Waals surface area contributed by atoms with Gasteiger partial charge in [0.1, 0.15) is 17.2 Å². The normalized spacial score (nSPS) is 11.5. The summed E-state index contributed by atoms with van der Waals surface area (Å²) >= 11 is 0. The second-order valence-corrected chi connectivity index (χ2v) is 7.85. The maximum absolute atomic E-state index is 6.30. The van der Waals surface area contributed by atoms with Crippen molar-refractivity contribution in [1.82, 2.24) is 0 Å². The van der Waals surface area contributed by atoms with Crippen molar-refractivity contribution in [2.24, 2.45) is 5.92 Å². The van der Waals surface area contributed by atoms with Crippen molar-refractivity contribution in [1.29, 1.82) is 0 Å². The van der Waals surface area contributed by atoms with Gasteiger partial charge in [0.2, 0.25) is 0 Å². The van der Waals surface area contributed by atoms with Gasteiger partial charge in [-0.25, -0.2) is 0 Å². The van der Waals surface area contributed by atoms with E-state index in [0.717, 1.165) is 46.1 Å². The molecule has 0 saturated carbocycles. The molecule has 0 N–H and O–H groups in total. The first-order chi connectivity index (χ1) is 14.5. The van der Waals surface area contributed by atoms with E-state index in [9.17, 15) is 0 Å². The molecule has 0 aliphatic heterocycles. The molecule has 0 amide bonds. The molecule has 2 heteroatoms. The van der Waals surface area contributed by atoms with Gasteiger partial charge >= 0.3 is 0 Å². The van der Waals surface area contributed by atoms with Crippen LogP contribution in [0.3, 0.4) is 0 Å². The third-order valence-electron chi connectivity index (χ3n) is 5.03. The Morgan fingerprint density at radius 2 is 1.67 bits per heavy atom. The summed E-state index contributed by atoms with van der Waals surface area (Å²) in [6.07, 6.45) is 5.51. The standard InChI is InChI=1S/C28H30O2/c1-6-10-26-21(4)11-9-13-22(26)18-24-19-25(15-16-27(24)29-5)30-28-14-8-7-12-23(28)17-20(2)3/h6-16,19-20H,1,4,17-18H2,2-3,5H3/b26-10+. The lowest BCUT2D eigenvalue weighted by Gasteiger charge is -2.15. The van der Waals surface area contributed by atoms with E-state index in [4.69, 9.17) is 9.47 Å². The number of para-hydroxylation sites is 1. The predicted octanol–water partition coefficient (Wildman–Crippen LogP) is 5.65. The van der Waals surface area contributed by atoms with Crippen LogP contribution in [0, 0.1) is 5.92 Å². The summed E-state index contributed by atoms with van der Waals surface area (Å²) < 4.78 is 11.9. The minimum atomic E-state index is 0.565. The zero-order chi connectivity index (χ0) is 21.5. The molecule has 0 aromatic heterocycles.